The van der Waals surface area contributed by atoms with Gasteiger partial charge in [0.05, 0.1) is 35.3 Å². The van der Waals surface area contributed by atoms with Crippen molar-refractivity contribution in [2.75, 3.05) is 13.1 Å². The zero-order chi connectivity index (χ0) is 32.4. The van der Waals surface area contributed by atoms with Gasteiger partial charge in [0.2, 0.25) is 0 Å². The Bertz CT molecular complexity index is 1470. The number of carbonyl (C=O) groups is 2. The Morgan fingerprint density at radius 1 is 0.867 bits per heavy atom. The summed E-state index contributed by atoms with van der Waals surface area (Å²) in [5.41, 5.74) is 2.64. The molecule has 0 radical (unpaired) electrons. The number of aromatic nitrogens is 2. The molecule has 45 heavy (non-hydrogen) atoms. The number of alkyl carbamates (subject to hydrolysis) is 1. The van der Waals surface area contributed by atoms with Crippen molar-refractivity contribution in [3.63, 3.8) is 0 Å². The smallest absolute Gasteiger partial charge is 0.408 e. The number of aliphatic hydroxyl groups excluding tert-OH is 2. The minimum absolute atomic E-state index is 0.0168. The van der Waals surface area contributed by atoms with E-state index in [1.54, 1.807) is 20.8 Å². The fourth-order valence-corrected chi connectivity index (χ4v) is 5.39. The lowest BCUT2D eigenvalue weighted by molar-refractivity contribution is 0.00631. The number of H-pyrrole nitrogens is 1. The number of nitrogens with one attached hydrogen (secondary N) is 3. The molecule has 11 heteroatoms. The van der Waals surface area contributed by atoms with Crippen molar-refractivity contribution in [3.05, 3.63) is 102 Å². The fraction of sp³-hybridized carbons (Fsp3) is 0.382. The van der Waals surface area contributed by atoms with Crippen molar-refractivity contribution in [2.45, 2.75) is 70.1 Å². The Kier molecular flexibility index (Phi) is 11.5. The van der Waals surface area contributed by atoms with Crippen LogP contribution in [0.3, 0.4) is 0 Å². The molecule has 0 saturated heterocycles. The second-order valence-electron chi connectivity index (χ2n) is 12.1. The van der Waals surface area contributed by atoms with Crippen LogP contribution in [0.25, 0.3) is 11.0 Å². The fourth-order valence-electron chi connectivity index (χ4n) is 5.39. The number of aliphatic hydroxyl groups is 2. The third-order valence-corrected chi connectivity index (χ3v) is 7.54. The van der Waals surface area contributed by atoms with Crippen molar-refractivity contribution < 1.29 is 29.6 Å². The van der Waals surface area contributed by atoms with Crippen molar-refractivity contribution >= 4 is 23.2 Å². The number of amides is 2. The molecule has 0 unspecified atom stereocenters. The first-order valence-corrected chi connectivity index (χ1v) is 15.0. The number of nitrogens with zero attached hydrogens (tertiary/aromatic N) is 2. The summed E-state index contributed by atoms with van der Waals surface area (Å²) < 4.78 is 5.41. The van der Waals surface area contributed by atoms with Crippen molar-refractivity contribution in [3.8, 4) is 0 Å². The van der Waals surface area contributed by atoms with Gasteiger partial charge in [-0.25, -0.2) is 14.6 Å². The monoisotopic (exact) mass is 617 g/mol. The minimum atomic E-state index is -1.13. The molecule has 0 spiro atoms. The van der Waals surface area contributed by atoms with E-state index in [1.807, 2.05) is 84.9 Å². The van der Waals surface area contributed by atoms with E-state index in [0.717, 1.165) is 22.2 Å². The zero-order valence-electron chi connectivity index (χ0n) is 25.9. The molecule has 1 heterocycles. The summed E-state index contributed by atoms with van der Waals surface area (Å²) in [6, 6.07) is 24.9. The van der Waals surface area contributed by atoms with E-state index in [4.69, 9.17) is 4.74 Å². The van der Waals surface area contributed by atoms with Crippen LogP contribution < -0.4 is 10.6 Å². The molecule has 0 aliphatic heterocycles. The van der Waals surface area contributed by atoms with Gasteiger partial charge in [0, 0.05) is 18.6 Å². The highest BCUT2D eigenvalue weighted by Gasteiger charge is 2.37. The summed E-state index contributed by atoms with van der Waals surface area (Å²) in [7, 11) is 0. The predicted octanol–water partition coefficient (Wildman–Crippen LogP) is 4.10. The lowest BCUT2D eigenvalue weighted by atomic mass is 9.94. The average Bonchev–Trinajstić information content (AvgIpc) is 3.43. The molecule has 1 aromatic heterocycles. The van der Waals surface area contributed by atoms with Gasteiger partial charge in [-0.1, -0.05) is 72.8 Å². The van der Waals surface area contributed by atoms with Gasteiger partial charge in [0.15, 0.2) is 6.61 Å². The van der Waals surface area contributed by atoms with Gasteiger partial charge < -0.3 is 35.7 Å². The lowest BCUT2D eigenvalue weighted by Crippen LogP contribution is -2.58. The van der Waals surface area contributed by atoms with Gasteiger partial charge in [-0.05, 0) is 56.9 Å². The number of fused-ring (bicyclic) bond motifs is 1. The molecular weight excluding hydrogens is 574 g/mol. The predicted molar refractivity (Wildman–Crippen MR) is 172 cm³/mol. The maximum Gasteiger partial charge on any atom is 0.408 e. The van der Waals surface area contributed by atoms with Crippen LogP contribution in [0.5, 0.6) is 0 Å². The summed E-state index contributed by atoms with van der Waals surface area (Å²) in [5.74, 6) is 0.498. The number of hydrogen-bond acceptors (Lipinski definition) is 7. The molecule has 3 aromatic carbocycles. The van der Waals surface area contributed by atoms with E-state index in [1.165, 1.54) is 4.90 Å². The standard InChI is InChI=1S/C34H43N5O6/c1-34(2,3)39(33(43)44)28(19-24-14-8-5-9-15-24)30(41)21-35-20-29(40)27(18-23-12-6-4-7-13-23)38-32(42)45-22-31-36-25-16-10-11-17-26(25)37-31/h4-17,27-30,35,40-41H,18-22H2,1-3H3,(H,36,37)(H,38,42)(H,43,44)/t27-,28-,29+,30+/m0/s1. The molecule has 0 aliphatic carbocycles. The molecule has 0 bridgehead atoms. The van der Waals surface area contributed by atoms with E-state index in [9.17, 15) is 24.9 Å². The van der Waals surface area contributed by atoms with Crippen LogP contribution in [0.2, 0.25) is 0 Å². The number of hydrogen-bond donors (Lipinski definition) is 6. The highest BCUT2D eigenvalue weighted by Crippen LogP contribution is 2.23. The van der Waals surface area contributed by atoms with Crippen LogP contribution in [0.15, 0.2) is 84.9 Å². The molecule has 4 rings (SSSR count). The van der Waals surface area contributed by atoms with Gasteiger partial charge in [-0.15, -0.1) is 0 Å². The maximum atomic E-state index is 12.8. The summed E-state index contributed by atoms with van der Waals surface area (Å²) in [5, 5.41) is 38.4. The maximum absolute atomic E-state index is 12.8. The summed E-state index contributed by atoms with van der Waals surface area (Å²) >= 11 is 0. The Morgan fingerprint density at radius 3 is 2.04 bits per heavy atom. The van der Waals surface area contributed by atoms with Crippen molar-refractivity contribution in [1.29, 1.82) is 0 Å². The quantitative estimate of drug-likeness (QED) is 0.123. The van der Waals surface area contributed by atoms with Gasteiger partial charge >= 0.3 is 12.2 Å². The highest BCUT2D eigenvalue weighted by atomic mass is 16.5. The summed E-state index contributed by atoms with van der Waals surface area (Å²) in [6.07, 6.45) is -3.33. The van der Waals surface area contributed by atoms with E-state index >= 15 is 0 Å². The number of aromatic amines is 1. The second kappa shape index (κ2) is 15.5. The number of ether oxygens (including phenoxy) is 1. The molecule has 0 aliphatic rings. The minimum Gasteiger partial charge on any atom is -0.465 e. The average molecular weight is 618 g/mol. The summed E-state index contributed by atoms with van der Waals surface area (Å²) in [4.78, 5) is 33.9. The van der Waals surface area contributed by atoms with Crippen LogP contribution in [0, 0.1) is 0 Å². The lowest BCUT2D eigenvalue weighted by Gasteiger charge is -2.42. The molecule has 11 nitrogen and oxygen atoms in total. The van der Waals surface area contributed by atoms with Crippen LogP contribution in [-0.4, -0.2) is 85.3 Å². The first-order valence-electron chi connectivity index (χ1n) is 15.0. The number of para-hydroxylation sites is 2. The van der Waals surface area contributed by atoms with Crippen LogP contribution >= 0.6 is 0 Å². The van der Waals surface area contributed by atoms with Gasteiger partial charge in [-0.2, -0.15) is 0 Å². The molecule has 2 amide bonds. The van der Waals surface area contributed by atoms with E-state index in [0.29, 0.717) is 18.7 Å². The second-order valence-corrected chi connectivity index (χ2v) is 12.1. The molecule has 4 atom stereocenters. The van der Waals surface area contributed by atoms with E-state index in [-0.39, 0.29) is 19.7 Å². The Hall–Kier alpha value is -4.45. The van der Waals surface area contributed by atoms with E-state index in [2.05, 4.69) is 20.6 Å². The molecular formula is C34H43N5O6. The number of imidazole rings is 1. The topological polar surface area (TPSA) is 160 Å². The third kappa shape index (κ3) is 9.77. The molecule has 0 fully saturated rings. The normalized spacial score (nSPS) is 14.3. The Balaban J connectivity index is 1.39. The molecule has 240 valence electrons. The number of benzene rings is 3. The SMILES string of the molecule is CC(C)(C)N(C(=O)O)[C@@H](Cc1ccccc1)[C@H](O)CNC[C@@H](O)[C@H](Cc1ccccc1)NC(=O)OCc1nc2ccccc2[nH]1. The molecule has 0 saturated carbocycles. The van der Waals surface area contributed by atoms with E-state index < -0.39 is 42.0 Å². The van der Waals surface area contributed by atoms with Crippen LogP contribution in [0.1, 0.15) is 37.7 Å². The highest BCUT2D eigenvalue weighted by molar-refractivity contribution is 5.74. The van der Waals surface area contributed by atoms with Crippen LogP contribution in [-0.2, 0) is 24.2 Å². The number of carbonyl (C=O) groups excluding carboxylic acids is 1. The first-order chi connectivity index (χ1) is 21.5. The van der Waals surface area contributed by atoms with Crippen LogP contribution in [0.4, 0.5) is 9.59 Å². The summed E-state index contributed by atoms with van der Waals surface area (Å²) in [6.45, 7) is 5.33. The third-order valence-electron chi connectivity index (χ3n) is 7.54. The molecule has 4 aromatic rings. The Labute approximate surface area is 263 Å². The number of carboxylic acid groups (broad SMARTS) is 1. The van der Waals surface area contributed by atoms with Crippen molar-refractivity contribution in [2.24, 2.45) is 0 Å². The molecule has 6 N–H and O–H groups in total. The zero-order valence-corrected chi connectivity index (χ0v) is 25.9. The largest absolute Gasteiger partial charge is 0.465 e. The first kappa shape index (κ1) is 33.4. The van der Waals surface area contributed by atoms with Gasteiger partial charge in [-0.3, -0.25) is 4.90 Å². The van der Waals surface area contributed by atoms with Crippen molar-refractivity contribution in [1.82, 2.24) is 25.5 Å². The van der Waals surface area contributed by atoms with Gasteiger partial charge in [0.25, 0.3) is 0 Å². The Morgan fingerprint density at radius 2 is 1.44 bits per heavy atom. The number of rotatable bonds is 14. The van der Waals surface area contributed by atoms with Gasteiger partial charge in [0.1, 0.15) is 5.82 Å².